The quantitative estimate of drug-likeness (QED) is 0.745. The predicted molar refractivity (Wildman–Crippen MR) is 109 cm³/mol. The predicted octanol–water partition coefficient (Wildman–Crippen LogP) is 2.14. The van der Waals surface area contributed by atoms with Gasteiger partial charge in [-0.05, 0) is 30.2 Å². The van der Waals surface area contributed by atoms with Crippen molar-refractivity contribution in [3.8, 4) is 5.75 Å². The van der Waals surface area contributed by atoms with Crippen LogP contribution in [0, 0.1) is 0 Å². The molecule has 1 saturated heterocycles. The summed E-state index contributed by atoms with van der Waals surface area (Å²) in [5, 5.41) is 2.95. The van der Waals surface area contributed by atoms with E-state index in [0.29, 0.717) is 31.9 Å². The molecular formula is C21H26N2O5S. The fraction of sp³-hybridized carbons (Fsp3) is 0.381. The topological polar surface area (TPSA) is 84.9 Å². The van der Waals surface area contributed by atoms with E-state index in [1.807, 2.05) is 37.3 Å². The van der Waals surface area contributed by atoms with Crippen molar-refractivity contribution in [3.05, 3.63) is 59.7 Å². The summed E-state index contributed by atoms with van der Waals surface area (Å²) in [6.45, 7) is 3.23. The SMILES string of the molecule is COc1ccc(CC(=O)NC(C)c2ccccc2)cc1S(=O)(=O)N1CCOCC1. The lowest BCUT2D eigenvalue weighted by atomic mass is 10.1. The van der Waals surface area contributed by atoms with Crippen molar-refractivity contribution in [2.24, 2.45) is 0 Å². The molecule has 1 heterocycles. The van der Waals surface area contributed by atoms with Gasteiger partial charge in [-0.1, -0.05) is 36.4 Å². The number of carbonyl (C=O) groups excluding carboxylic acids is 1. The van der Waals surface area contributed by atoms with Crippen molar-refractivity contribution >= 4 is 15.9 Å². The molecule has 1 aliphatic rings. The second-order valence-electron chi connectivity index (χ2n) is 6.88. The minimum atomic E-state index is -3.73. The zero-order chi connectivity index (χ0) is 20.9. The first-order valence-corrected chi connectivity index (χ1v) is 10.9. The standard InChI is InChI=1S/C21H26N2O5S/c1-16(18-6-4-3-5-7-18)22-21(24)15-17-8-9-19(27-2)20(14-17)29(25,26)23-10-12-28-13-11-23/h3-9,14,16H,10-13,15H2,1-2H3,(H,22,24). The first-order chi connectivity index (χ1) is 13.9. The fourth-order valence-electron chi connectivity index (χ4n) is 3.26. The number of morpholine rings is 1. The molecule has 29 heavy (non-hydrogen) atoms. The number of methoxy groups -OCH3 is 1. The summed E-state index contributed by atoms with van der Waals surface area (Å²) in [6.07, 6.45) is 0.0762. The lowest BCUT2D eigenvalue weighted by molar-refractivity contribution is -0.121. The molecule has 8 heteroatoms. The molecule has 1 atom stereocenters. The van der Waals surface area contributed by atoms with Gasteiger partial charge in [0.05, 0.1) is 32.8 Å². The number of carbonyl (C=O) groups is 1. The molecule has 0 radical (unpaired) electrons. The highest BCUT2D eigenvalue weighted by Crippen LogP contribution is 2.28. The zero-order valence-corrected chi connectivity index (χ0v) is 17.4. The van der Waals surface area contributed by atoms with Crippen LogP contribution in [-0.2, 0) is 26.0 Å². The Morgan fingerprint density at radius 1 is 1.17 bits per heavy atom. The van der Waals surface area contributed by atoms with Gasteiger partial charge in [0, 0.05) is 13.1 Å². The molecule has 0 aliphatic carbocycles. The van der Waals surface area contributed by atoms with Crippen LogP contribution in [-0.4, -0.2) is 52.0 Å². The third-order valence-electron chi connectivity index (χ3n) is 4.86. The summed E-state index contributed by atoms with van der Waals surface area (Å²) in [5.41, 5.74) is 1.61. The molecule has 7 nitrogen and oxygen atoms in total. The average molecular weight is 419 g/mol. The van der Waals surface area contributed by atoms with E-state index in [0.717, 1.165) is 5.56 Å². The summed E-state index contributed by atoms with van der Waals surface area (Å²) in [4.78, 5) is 12.6. The molecule has 3 rings (SSSR count). The molecule has 0 bridgehead atoms. The van der Waals surface area contributed by atoms with Gasteiger partial charge in [-0.3, -0.25) is 4.79 Å². The summed E-state index contributed by atoms with van der Waals surface area (Å²) in [6, 6.07) is 14.4. The van der Waals surface area contributed by atoms with Crippen molar-refractivity contribution in [1.82, 2.24) is 9.62 Å². The molecule has 1 unspecified atom stereocenters. The molecule has 1 amide bonds. The maximum Gasteiger partial charge on any atom is 0.246 e. The van der Waals surface area contributed by atoms with E-state index in [1.165, 1.54) is 17.5 Å². The van der Waals surface area contributed by atoms with E-state index in [1.54, 1.807) is 12.1 Å². The lowest BCUT2D eigenvalue weighted by Gasteiger charge is -2.26. The van der Waals surface area contributed by atoms with Gasteiger partial charge in [0.25, 0.3) is 0 Å². The number of nitrogens with one attached hydrogen (secondary N) is 1. The Balaban J connectivity index is 1.77. The second-order valence-corrected chi connectivity index (χ2v) is 8.78. The zero-order valence-electron chi connectivity index (χ0n) is 16.6. The van der Waals surface area contributed by atoms with Crippen LogP contribution in [0.2, 0.25) is 0 Å². The van der Waals surface area contributed by atoms with E-state index in [2.05, 4.69) is 5.32 Å². The summed E-state index contributed by atoms with van der Waals surface area (Å²) >= 11 is 0. The third kappa shape index (κ3) is 5.14. The Morgan fingerprint density at radius 3 is 2.52 bits per heavy atom. The average Bonchev–Trinajstić information content (AvgIpc) is 2.74. The first kappa shape index (κ1) is 21.3. The number of benzene rings is 2. The Hall–Kier alpha value is -2.42. The second kappa shape index (κ2) is 9.39. The maximum atomic E-state index is 13.1. The van der Waals surface area contributed by atoms with Crippen LogP contribution >= 0.6 is 0 Å². The van der Waals surface area contributed by atoms with E-state index >= 15 is 0 Å². The Bertz CT molecular complexity index is 941. The molecular weight excluding hydrogens is 392 g/mol. The van der Waals surface area contributed by atoms with Crippen LogP contribution in [0.15, 0.2) is 53.4 Å². The molecule has 2 aromatic rings. The highest BCUT2D eigenvalue weighted by molar-refractivity contribution is 7.89. The maximum absolute atomic E-state index is 13.1. The van der Waals surface area contributed by atoms with Crippen molar-refractivity contribution < 1.29 is 22.7 Å². The highest BCUT2D eigenvalue weighted by atomic mass is 32.2. The molecule has 0 spiro atoms. The number of nitrogens with zero attached hydrogens (tertiary/aromatic N) is 1. The summed E-state index contributed by atoms with van der Waals surface area (Å²) in [5.74, 6) is 0.0829. The van der Waals surface area contributed by atoms with Gasteiger partial charge in [-0.25, -0.2) is 8.42 Å². The van der Waals surface area contributed by atoms with Crippen molar-refractivity contribution in [2.75, 3.05) is 33.4 Å². The highest BCUT2D eigenvalue weighted by Gasteiger charge is 2.29. The van der Waals surface area contributed by atoms with Crippen LogP contribution in [0.3, 0.4) is 0 Å². The molecule has 0 saturated carbocycles. The summed E-state index contributed by atoms with van der Waals surface area (Å²) in [7, 11) is -2.30. The van der Waals surface area contributed by atoms with Crippen molar-refractivity contribution in [1.29, 1.82) is 0 Å². The summed E-state index contributed by atoms with van der Waals surface area (Å²) < 4.78 is 38.0. The molecule has 0 aromatic heterocycles. The Labute approximate surface area is 171 Å². The van der Waals surface area contributed by atoms with E-state index < -0.39 is 10.0 Å². The van der Waals surface area contributed by atoms with Gasteiger partial charge in [-0.15, -0.1) is 0 Å². The van der Waals surface area contributed by atoms with Crippen LogP contribution in [0.1, 0.15) is 24.1 Å². The molecule has 1 fully saturated rings. The third-order valence-corrected chi connectivity index (χ3v) is 6.78. The minimum Gasteiger partial charge on any atom is -0.495 e. The molecule has 1 N–H and O–H groups in total. The number of hydrogen-bond donors (Lipinski definition) is 1. The van der Waals surface area contributed by atoms with Gasteiger partial charge in [0.2, 0.25) is 15.9 Å². The number of amides is 1. The van der Waals surface area contributed by atoms with Gasteiger partial charge in [0.15, 0.2) is 0 Å². The van der Waals surface area contributed by atoms with Gasteiger partial charge in [-0.2, -0.15) is 4.31 Å². The largest absolute Gasteiger partial charge is 0.495 e. The Morgan fingerprint density at radius 2 is 1.86 bits per heavy atom. The number of sulfonamides is 1. The van der Waals surface area contributed by atoms with Gasteiger partial charge < -0.3 is 14.8 Å². The number of rotatable bonds is 7. The number of hydrogen-bond acceptors (Lipinski definition) is 5. The lowest BCUT2D eigenvalue weighted by Crippen LogP contribution is -2.40. The monoisotopic (exact) mass is 418 g/mol. The smallest absolute Gasteiger partial charge is 0.246 e. The van der Waals surface area contributed by atoms with E-state index in [-0.39, 0.29) is 29.0 Å². The minimum absolute atomic E-state index is 0.0725. The van der Waals surface area contributed by atoms with Gasteiger partial charge in [0.1, 0.15) is 10.6 Å². The number of ether oxygens (including phenoxy) is 2. The Kier molecular flexibility index (Phi) is 6.89. The molecule has 156 valence electrons. The molecule has 1 aliphatic heterocycles. The van der Waals surface area contributed by atoms with Crippen molar-refractivity contribution in [3.63, 3.8) is 0 Å². The van der Waals surface area contributed by atoms with Crippen LogP contribution in [0.25, 0.3) is 0 Å². The van der Waals surface area contributed by atoms with Crippen LogP contribution in [0.4, 0.5) is 0 Å². The first-order valence-electron chi connectivity index (χ1n) is 9.51. The van der Waals surface area contributed by atoms with Gasteiger partial charge >= 0.3 is 0 Å². The van der Waals surface area contributed by atoms with Crippen LogP contribution in [0.5, 0.6) is 5.75 Å². The van der Waals surface area contributed by atoms with Crippen molar-refractivity contribution in [2.45, 2.75) is 24.3 Å². The van der Waals surface area contributed by atoms with E-state index in [9.17, 15) is 13.2 Å². The fourth-order valence-corrected chi connectivity index (χ4v) is 4.88. The van der Waals surface area contributed by atoms with E-state index in [4.69, 9.17) is 9.47 Å². The van der Waals surface area contributed by atoms with Crippen LogP contribution < -0.4 is 10.1 Å². The molecule has 2 aromatic carbocycles. The normalized spacial score (nSPS) is 16.2.